The van der Waals surface area contributed by atoms with Crippen LogP contribution in [0.3, 0.4) is 0 Å². The van der Waals surface area contributed by atoms with Gasteiger partial charge in [-0.2, -0.15) is 0 Å². The Morgan fingerprint density at radius 2 is 2.00 bits per heavy atom. The summed E-state index contributed by atoms with van der Waals surface area (Å²) in [6.07, 6.45) is 0. The molecule has 10 heavy (non-hydrogen) atoms. The SMILES string of the molecule is CC(C)(C)C1=NC(Cl)=NC1. The van der Waals surface area contributed by atoms with Gasteiger partial charge in [0.2, 0.25) is 5.29 Å². The van der Waals surface area contributed by atoms with Crippen LogP contribution in [-0.2, 0) is 0 Å². The van der Waals surface area contributed by atoms with Gasteiger partial charge in [0.05, 0.1) is 6.54 Å². The zero-order chi connectivity index (χ0) is 7.78. The quantitative estimate of drug-likeness (QED) is 0.483. The van der Waals surface area contributed by atoms with Crippen molar-refractivity contribution in [2.75, 3.05) is 6.54 Å². The molecule has 0 saturated heterocycles. The van der Waals surface area contributed by atoms with E-state index < -0.39 is 0 Å². The second kappa shape index (κ2) is 2.35. The van der Waals surface area contributed by atoms with Crippen LogP contribution in [0.1, 0.15) is 20.8 Å². The minimum atomic E-state index is 0.111. The van der Waals surface area contributed by atoms with Crippen LogP contribution in [0, 0.1) is 5.41 Å². The van der Waals surface area contributed by atoms with E-state index >= 15 is 0 Å². The van der Waals surface area contributed by atoms with E-state index in [2.05, 4.69) is 30.8 Å². The molecule has 0 aromatic rings. The molecule has 3 heteroatoms. The molecule has 1 aliphatic heterocycles. The van der Waals surface area contributed by atoms with Gasteiger partial charge in [-0.15, -0.1) is 0 Å². The van der Waals surface area contributed by atoms with E-state index in [-0.39, 0.29) is 5.41 Å². The molecule has 0 radical (unpaired) electrons. The lowest BCUT2D eigenvalue weighted by atomic mass is 9.90. The lowest BCUT2D eigenvalue weighted by molar-refractivity contribution is 0.586. The Hall–Kier alpha value is -0.370. The average molecular weight is 159 g/mol. The van der Waals surface area contributed by atoms with E-state index in [9.17, 15) is 0 Å². The number of hydrogen-bond acceptors (Lipinski definition) is 2. The highest BCUT2D eigenvalue weighted by Gasteiger charge is 2.21. The number of amidine groups is 1. The summed E-state index contributed by atoms with van der Waals surface area (Å²) in [5.41, 5.74) is 1.18. The fourth-order valence-corrected chi connectivity index (χ4v) is 0.889. The van der Waals surface area contributed by atoms with Crippen molar-refractivity contribution in [1.29, 1.82) is 0 Å². The first-order valence-corrected chi connectivity index (χ1v) is 3.66. The van der Waals surface area contributed by atoms with Crippen LogP contribution in [0.2, 0.25) is 0 Å². The molecule has 0 amide bonds. The first kappa shape index (κ1) is 7.73. The largest absolute Gasteiger partial charge is 0.250 e. The maximum Gasteiger partial charge on any atom is 0.218 e. The Labute approximate surface area is 66.0 Å². The molecule has 1 rings (SSSR count). The smallest absolute Gasteiger partial charge is 0.218 e. The number of rotatable bonds is 0. The van der Waals surface area contributed by atoms with E-state index in [4.69, 9.17) is 11.6 Å². The van der Waals surface area contributed by atoms with Gasteiger partial charge < -0.3 is 0 Å². The third-order valence-corrected chi connectivity index (χ3v) is 1.66. The van der Waals surface area contributed by atoms with Crippen LogP contribution >= 0.6 is 11.6 Å². The van der Waals surface area contributed by atoms with Gasteiger partial charge in [-0.3, -0.25) is 4.99 Å². The molecule has 0 spiro atoms. The van der Waals surface area contributed by atoms with Crippen molar-refractivity contribution < 1.29 is 0 Å². The standard InChI is InChI=1S/C7H11ClN2/c1-7(2,3)5-4-9-6(8)10-5/h4H2,1-3H3. The van der Waals surface area contributed by atoms with E-state index in [1.54, 1.807) is 0 Å². The molecule has 0 aromatic heterocycles. The third kappa shape index (κ3) is 1.57. The van der Waals surface area contributed by atoms with Crippen LogP contribution in [0.25, 0.3) is 0 Å². The first-order valence-electron chi connectivity index (χ1n) is 3.28. The van der Waals surface area contributed by atoms with E-state index in [1.807, 2.05) is 0 Å². The molecule has 0 fully saturated rings. The first-order chi connectivity index (χ1) is 4.50. The molecule has 0 unspecified atom stereocenters. The third-order valence-electron chi connectivity index (χ3n) is 1.45. The molecule has 0 saturated carbocycles. The van der Waals surface area contributed by atoms with Gasteiger partial charge in [0.15, 0.2) is 0 Å². The van der Waals surface area contributed by atoms with Crippen molar-refractivity contribution in [3.05, 3.63) is 0 Å². The maximum atomic E-state index is 5.58. The summed E-state index contributed by atoms with van der Waals surface area (Å²) in [6, 6.07) is 0. The average Bonchev–Trinajstić information content (AvgIpc) is 2.11. The summed E-state index contributed by atoms with van der Waals surface area (Å²) in [4.78, 5) is 8.05. The van der Waals surface area contributed by atoms with E-state index in [0.717, 1.165) is 5.71 Å². The maximum absolute atomic E-state index is 5.58. The van der Waals surface area contributed by atoms with Crippen LogP contribution in [-0.4, -0.2) is 17.6 Å². The normalized spacial score (nSPS) is 18.8. The van der Waals surface area contributed by atoms with Crippen molar-refractivity contribution in [3.63, 3.8) is 0 Å². The molecule has 1 heterocycles. The molecule has 0 N–H and O–H groups in total. The molecule has 56 valence electrons. The Bertz CT molecular complexity index is 198. The summed E-state index contributed by atoms with van der Waals surface area (Å²) in [7, 11) is 0. The predicted molar refractivity (Wildman–Crippen MR) is 45.0 cm³/mol. The highest BCUT2D eigenvalue weighted by molar-refractivity contribution is 6.66. The van der Waals surface area contributed by atoms with Gasteiger partial charge in [-0.25, -0.2) is 4.99 Å². The lowest BCUT2D eigenvalue weighted by Gasteiger charge is -2.16. The minimum absolute atomic E-state index is 0.111. The van der Waals surface area contributed by atoms with Crippen LogP contribution < -0.4 is 0 Å². The van der Waals surface area contributed by atoms with E-state index in [0.29, 0.717) is 11.8 Å². The van der Waals surface area contributed by atoms with Crippen LogP contribution in [0.4, 0.5) is 0 Å². The number of nitrogens with zero attached hydrogens (tertiary/aromatic N) is 2. The highest BCUT2D eigenvalue weighted by Crippen LogP contribution is 2.19. The van der Waals surface area contributed by atoms with Crippen molar-refractivity contribution in [2.45, 2.75) is 20.8 Å². The van der Waals surface area contributed by atoms with Crippen LogP contribution in [0.15, 0.2) is 9.98 Å². The lowest BCUT2D eigenvalue weighted by Crippen LogP contribution is -2.21. The topological polar surface area (TPSA) is 24.7 Å². The van der Waals surface area contributed by atoms with Gasteiger partial charge in [0, 0.05) is 11.1 Å². The van der Waals surface area contributed by atoms with Gasteiger partial charge in [-0.05, 0) is 11.6 Å². The molecular weight excluding hydrogens is 148 g/mol. The summed E-state index contributed by atoms with van der Waals surface area (Å²) in [5, 5.41) is 0.393. The minimum Gasteiger partial charge on any atom is -0.250 e. The summed E-state index contributed by atoms with van der Waals surface area (Å²) >= 11 is 5.58. The summed E-state index contributed by atoms with van der Waals surface area (Å²) in [6.45, 7) is 6.99. The Balaban J connectivity index is 2.73. The summed E-state index contributed by atoms with van der Waals surface area (Å²) < 4.78 is 0. The fourth-order valence-electron chi connectivity index (χ4n) is 0.727. The monoisotopic (exact) mass is 158 g/mol. The van der Waals surface area contributed by atoms with Crippen molar-refractivity contribution in [3.8, 4) is 0 Å². The van der Waals surface area contributed by atoms with Crippen molar-refractivity contribution >= 4 is 22.6 Å². The molecule has 0 bridgehead atoms. The Morgan fingerprint density at radius 1 is 1.40 bits per heavy atom. The molecule has 0 atom stereocenters. The summed E-state index contributed by atoms with van der Waals surface area (Å²) in [5.74, 6) is 0. The predicted octanol–water partition coefficient (Wildman–Crippen LogP) is 2.08. The highest BCUT2D eigenvalue weighted by atomic mass is 35.5. The Morgan fingerprint density at radius 3 is 2.20 bits per heavy atom. The second-order valence-corrected chi connectivity index (χ2v) is 3.73. The molecular formula is C7H11ClN2. The number of aliphatic imine (C=N–C) groups is 2. The number of hydrogen-bond donors (Lipinski definition) is 0. The van der Waals surface area contributed by atoms with Crippen molar-refractivity contribution in [1.82, 2.24) is 0 Å². The van der Waals surface area contributed by atoms with Gasteiger partial charge in [-0.1, -0.05) is 20.8 Å². The Kier molecular flexibility index (Phi) is 1.82. The second-order valence-electron chi connectivity index (χ2n) is 3.39. The van der Waals surface area contributed by atoms with Gasteiger partial charge in [0.1, 0.15) is 0 Å². The number of halogens is 1. The molecule has 0 aliphatic carbocycles. The van der Waals surface area contributed by atoms with Crippen LogP contribution in [0.5, 0.6) is 0 Å². The molecule has 1 aliphatic rings. The van der Waals surface area contributed by atoms with Crippen molar-refractivity contribution in [2.24, 2.45) is 15.4 Å². The fraction of sp³-hybridized carbons (Fsp3) is 0.714. The molecule has 0 aromatic carbocycles. The van der Waals surface area contributed by atoms with Gasteiger partial charge in [0.25, 0.3) is 0 Å². The van der Waals surface area contributed by atoms with E-state index in [1.165, 1.54) is 0 Å². The van der Waals surface area contributed by atoms with Gasteiger partial charge >= 0.3 is 0 Å². The zero-order valence-electron chi connectivity index (χ0n) is 6.48. The zero-order valence-corrected chi connectivity index (χ0v) is 7.24. The molecule has 2 nitrogen and oxygen atoms in total.